The van der Waals surface area contributed by atoms with Crippen molar-refractivity contribution in [3.63, 3.8) is 0 Å². The maximum atomic E-state index is 12.2. The molecule has 0 amide bonds. The average molecular weight is 320 g/mol. The number of halogens is 2. The highest BCUT2D eigenvalue weighted by atomic mass is 19.3. The first-order valence-electron chi connectivity index (χ1n) is 6.64. The molecule has 6 heteroatoms. The number of hydrogen-bond acceptors (Lipinski definition) is 4. The van der Waals surface area contributed by atoms with E-state index in [0.29, 0.717) is 11.3 Å². The van der Waals surface area contributed by atoms with E-state index in [1.54, 1.807) is 12.1 Å². The summed E-state index contributed by atoms with van der Waals surface area (Å²) in [5, 5.41) is 9.66. The number of methoxy groups -OCH3 is 1. The van der Waals surface area contributed by atoms with Gasteiger partial charge in [-0.3, -0.25) is 4.79 Å². The minimum absolute atomic E-state index is 0.0468. The molecule has 0 aromatic heterocycles. The average Bonchev–Trinajstić information content (AvgIpc) is 2.52. The zero-order chi connectivity index (χ0) is 16.8. The van der Waals surface area contributed by atoms with Crippen LogP contribution in [-0.2, 0) is 0 Å². The Hall–Kier alpha value is -2.89. The van der Waals surface area contributed by atoms with Gasteiger partial charge in [0.25, 0.3) is 0 Å². The number of phenolic OH excluding ortho intramolecular Hbond substituents is 1. The summed E-state index contributed by atoms with van der Waals surface area (Å²) in [6.45, 7) is -2.95. The standard InChI is InChI=1S/C17H14F2O4/c1-22-16-8-6-11(9-15(16)21)5-7-14(20)12-3-2-4-13(10-12)23-17(18)19/h2-10,17,21H,1H3. The summed E-state index contributed by atoms with van der Waals surface area (Å²) in [5.41, 5.74) is 0.814. The van der Waals surface area contributed by atoms with Crippen LogP contribution in [0.2, 0.25) is 0 Å². The van der Waals surface area contributed by atoms with Gasteiger partial charge >= 0.3 is 6.61 Å². The summed E-state index contributed by atoms with van der Waals surface area (Å²) < 4.78 is 33.5. The van der Waals surface area contributed by atoms with Crippen molar-refractivity contribution in [2.45, 2.75) is 6.61 Å². The molecule has 23 heavy (non-hydrogen) atoms. The molecule has 0 radical (unpaired) electrons. The summed E-state index contributed by atoms with van der Waals surface area (Å²) >= 11 is 0. The predicted molar refractivity (Wildman–Crippen MR) is 81.1 cm³/mol. The molecule has 2 rings (SSSR count). The zero-order valence-electron chi connectivity index (χ0n) is 12.2. The molecule has 0 saturated heterocycles. The second kappa shape index (κ2) is 7.40. The van der Waals surface area contributed by atoms with Gasteiger partial charge in [0.2, 0.25) is 0 Å². The SMILES string of the molecule is COc1ccc(C=CC(=O)c2cccc(OC(F)F)c2)cc1O. The lowest BCUT2D eigenvalue weighted by atomic mass is 10.1. The molecule has 0 atom stereocenters. The predicted octanol–water partition coefficient (Wildman–Crippen LogP) is 3.90. The van der Waals surface area contributed by atoms with E-state index >= 15 is 0 Å². The minimum atomic E-state index is -2.95. The minimum Gasteiger partial charge on any atom is -0.504 e. The van der Waals surface area contributed by atoms with Gasteiger partial charge in [-0.05, 0) is 35.9 Å². The summed E-state index contributed by atoms with van der Waals surface area (Å²) in [4.78, 5) is 12.0. The number of carbonyl (C=O) groups excluding carboxylic acids is 1. The number of hydrogen-bond donors (Lipinski definition) is 1. The molecular formula is C17H14F2O4. The molecule has 0 aliphatic rings. The van der Waals surface area contributed by atoms with E-state index in [4.69, 9.17) is 4.74 Å². The van der Waals surface area contributed by atoms with E-state index in [1.807, 2.05) is 0 Å². The van der Waals surface area contributed by atoms with Crippen molar-refractivity contribution in [2.75, 3.05) is 7.11 Å². The van der Waals surface area contributed by atoms with E-state index in [9.17, 15) is 18.7 Å². The van der Waals surface area contributed by atoms with Gasteiger partial charge in [0.15, 0.2) is 17.3 Å². The number of ether oxygens (including phenoxy) is 2. The Labute approximate surface area is 131 Å². The fourth-order valence-electron chi connectivity index (χ4n) is 1.90. The Morgan fingerprint density at radius 3 is 2.65 bits per heavy atom. The smallest absolute Gasteiger partial charge is 0.387 e. The van der Waals surface area contributed by atoms with E-state index < -0.39 is 6.61 Å². The Morgan fingerprint density at radius 2 is 2.00 bits per heavy atom. The first-order valence-corrected chi connectivity index (χ1v) is 6.64. The topological polar surface area (TPSA) is 55.8 Å². The van der Waals surface area contributed by atoms with Crippen molar-refractivity contribution in [1.29, 1.82) is 0 Å². The lowest BCUT2D eigenvalue weighted by molar-refractivity contribution is -0.0498. The number of alkyl halides is 2. The summed E-state index contributed by atoms with van der Waals surface area (Å²) in [6.07, 6.45) is 2.78. The second-order valence-corrected chi connectivity index (χ2v) is 4.54. The Kier molecular flexibility index (Phi) is 5.30. The second-order valence-electron chi connectivity index (χ2n) is 4.54. The Balaban J connectivity index is 2.13. The van der Waals surface area contributed by atoms with Crippen LogP contribution in [0.5, 0.6) is 17.2 Å². The maximum absolute atomic E-state index is 12.2. The number of phenols is 1. The largest absolute Gasteiger partial charge is 0.504 e. The third-order valence-electron chi connectivity index (χ3n) is 2.97. The van der Waals surface area contributed by atoms with Crippen LogP contribution >= 0.6 is 0 Å². The van der Waals surface area contributed by atoms with Crippen LogP contribution in [0, 0.1) is 0 Å². The molecule has 0 heterocycles. The van der Waals surface area contributed by atoms with Crippen molar-refractivity contribution in [1.82, 2.24) is 0 Å². The number of aromatic hydroxyl groups is 1. The molecule has 0 unspecified atom stereocenters. The van der Waals surface area contributed by atoms with Crippen molar-refractivity contribution in [2.24, 2.45) is 0 Å². The van der Waals surface area contributed by atoms with E-state index in [0.717, 1.165) is 0 Å². The fourth-order valence-corrected chi connectivity index (χ4v) is 1.90. The van der Waals surface area contributed by atoms with Gasteiger partial charge in [-0.1, -0.05) is 24.3 Å². The van der Waals surface area contributed by atoms with Crippen LogP contribution in [0.3, 0.4) is 0 Å². The van der Waals surface area contributed by atoms with Gasteiger partial charge in [0.05, 0.1) is 7.11 Å². The molecule has 0 fully saturated rings. The summed E-state index contributed by atoms with van der Waals surface area (Å²) in [6, 6.07) is 10.2. The normalized spacial score (nSPS) is 11.0. The molecule has 2 aromatic carbocycles. The Morgan fingerprint density at radius 1 is 1.22 bits per heavy atom. The highest BCUT2D eigenvalue weighted by Crippen LogP contribution is 2.26. The van der Waals surface area contributed by atoms with Crippen LogP contribution in [-0.4, -0.2) is 24.6 Å². The Bertz CT molecular complexity index is 726. The first kappa shape index (κ1) is 16.5. The quantitative estimate of drug-likeness (QED) is 0.648. The molecule has 0 spiro atoms. The van der Waals surface area contributed by atoms with E-state index in [-0.39, 0.29) is 22.8 Å². The monoisotopic (exact) mass is 320 g/mol. The molecule has 1 N–H and O–H groups in total. The van der Waals surface area contributed by atoms with Gasteiger partial charge in [-0.15, -0.1) is 0 Å². The van der Waals surface area contributed by atoms with Gasteiger partial charge in [0.1, 0.15) is 5.75 Å². The molecular weight excluding hydrogens is 306 g/mol. The van der Waals surface area contributed by atoms with Crippen LogP contribution in [0.4, 0.5) is 8.78 Å². The van der Waals surface area contributed by atoms with E-state index in [1.165, 1.54) is 49.6 Å². The van der Waals surface area contributed by atoms with Crippen molar-refractivity contribution in [3.05, 3.63) is 59.7 Å². The number of allylic oxidation sites excluding steroid dienone is 1. The highest BCUT2D eigenvalue weighted by molar-refractivity contribution is 6.07. The number of carbonyl (C=O) groups is 1. The van der Waals surface area contributed by atoms with Gasteiger partial charge < -0.3 is 14.6 Å². The van der Waals surface area contributed by atoms with Crippen LogP contribution < -0.4 is 9.47 Å². The van der Waals surface area contributed by atoms with Crippen LogP contribution in [0.1, 0.15) is 15.9 Å². The van der Waals surface area contributed by atoms with Crippen molar-refractivity contribution < 1.29 is 28.2 Å². The summed E-state index contributed by atoms with van der Waals surface area (Å²) in [5.74, 6) is -0.180. The number of benzene rings is 2. The van der Waals surface area contributed by atoms with Crippen molar-refractivity contribution in [3.8, 4) is 17.2 Å². The molecule has 0 saturated carbocycles. The molecule has 4 nitrogen and oxygen atoms in total. The van der Waals surface area contributed by atoms with Gasteiger partial charge in [-0.25, -0.2) is 0 Å². The third-order valence-corrected chi connectivity index (χ3v) is 2.97. The zero-order valence-corrected chi connectivity index (χ0v) is 12.2. The van der Waals surface area contributed by atoms with Crippen LogP contribution in [0.15, 0.2) is 48.5 Å². The van der Waals surface area contributed by atoms with E-state index in [2.05, 4.69) is 4.74 Å². The number of rotatable bonds is 6. The van der Waals surface area contributed by atoms with Gasteiger partial charge in [0, 0.05) is 5.56 Å². The lowest BCUT2D eigenvalue weighted by Gasteiger charge is -2.05. The molecule has 0 aliphatic heterocycles. The lowest BCUT2D eigenvalue weighted by Crippen LogP contribution is -2.03. The summed E-state index contributed by atoms with van der Waals surface area (Å²) in [7, 11) is 1.43. The molecule has 120 valence electrons. The van der Waals surface area contributed by atoms with Gasteiger partial charge in [-0.2, -0.15) is 8.78 Å². The van der Waals surface area contributed by atoms with Crippen molar-refractivity contribution >= 4 is 11.9 Å². The molecule has 0 aliphatic carbocycles. The molecule has 2 aromatic rings. The molecule has 0 bridgehead atoms. The van der Waals surface area contributed by atoms with Crippen LogP contribution in [0.25, 0.3) is 6.08 Å². The highest BCUT2D eigenvalue weighted by Gasteiger charge is 2.08. The maximum Gasteiger partial charge on any atom is 0.387 e. The first-order chi connectivity index (χ1) is 11.0. The third kappa shape index (κ3) is 4.54. The number of ketones is 1. The fraction of sp³-hybridized carbons (Fsp3) is 0.118.